The number of aryl methyl sites for hydroxylation is 1. The highest BCUT2D eigenvalue weighted by atomic mass is 16.5. The van der Waals surface area contributed by atoms with Crippen LogP contribution in [0.3, 0.4) is 0 Å². The van der Waals surface area contributed by atoms with Gasteiger partial charge in [-0.25, -0.2) is 4.98 Å². The maximum absolute atomic E-state index is 5.16. The zero-order valence-corrected chi connectivity index (χ0v) is 10.3. The zero-order valence-electron chi connectivity index (χ0n) is 10.3. The van der Waals surface area contributed by atoms with Crippen LogP contribution in [0.5, 0.6) is 0 Å². The maximum atomic E-state index is 5.16. The van der Waals surface area contributed by atoms with Crippen molar-refractivity contribution in [3.63, 3.8) is 0 Å². The van der Waals surface area contributed by atoms with E-state index in [4.69, 9.17) is 4.52 Å². The fraction of sp³-hybridized carbons (Fsp3) is 0.545. The minimum absolute atomic E-state index is 0.575. The molecule has 0 unspecified atom stereocenters. The van der Waals surface area contributed by atoms with E-state index >= 15 is 0 Å². The summed E-state index contributed by atoms with van der Waals surface area (Å²) in [7, 11) is 1.90. The highest BCUT2D eigenvalue weighted by Gasteiger charge is 2.11. The number of imidazole rings is 1. The van der Waals surface area contributed by atoms with Crippen molar-refractivity contribution in [1.29, 1.82) is 0 Å². The van der Waals surface area contributed by atoms with Crippen molar-refractivity contribution in [1.82, 2.24) is 25.0 Å². The van der Waals surface area contributed by atoms with Crippen LogP contribution in [0.1, 0.15) is 19.7 Å². The van der Waals surface area contributed by atoms with E-state index in [0.717, 1.165) is 12.2 Å². The molecule has 6 nitrogen and oxygen atoms in total. The number of hydrogen-bond donors (Lipinski definition) is 1. The molecule has 0 fully saturated rings. The van der Waals surface area contributed by atoms with E-state index in [-0.39, 0.29) is 0 Å². The Hall–Kier alpha value is -1.69. The first kappa shape index (κ1) is 11.8. The summed E-state index contributed by atoms with van der Waals surface area (Å²) in [6.45, 7) is 5.84. The topological polar surface area (TPSA) is 68.8 Å². The average molecular weight is 235 g/mol. The minimum Gasteiger partial charge on any atom is -0.337 e. The van der Waals surface area contributed by atoms with Gasteiger partial charge in [0.25, 0.3) is 0 Å². The Morgan fingerprint density at radius 2 is 2.29 bits per heavy atom. The van der Waals surface area contributed by atoms with Gasteiger partial charge in [-0.15, -0.1) is 0 Å². The maximum Gasteiger partial charge on any atom is 0.240 e. The Balaban J connectivity index is 1.99. The molecule has 17 heavy (non-hydrogen) atoms. The summed E-state index contributed by atoms with van der Waals surface area (Å²) in [4.78, 5) is 8.33. The molecule has 0 aliphatic carbocycles. The van der Waals surface area contributed by atoms with Crippen LogP contribution >= 0.6 is 0 Å². The van der Waals surface area contributed by atoms with E-state index in [9.17, 15) is 0 Å². The Labute approximate surface area is 100 Å². The molecule has 1 N–H and O–H groups in total. The van der Waals surface area contributed by atoms with Crippen molar-refractivity contribution in [3.8, 4) is 11.5 Å². The van der Waals surface area contributed by atoms with Crippen molar-refractivity contribution in [2.75, 3.05) is 6.54 Å². The molecule has 0 spiro atoms. The van der Waals surface area contributed by atoms with Crippen LogP contribution < -0.4 is 5.32 Å². The monoisotopic (exact) mass is 235 g/mol. The summed E-state index contributed by atoms with van der Waals surface area (Å²) in [5, 5.41) is 7.19. The molecule has 0 radical (unpaired) electrons. The summed E-state index contributed by atoms with van der Waals surface area (Å²) < 4.78 is 7.02. The van der Waals surface area contributed by atoms with E-state index in [1.807, 2.05) is 11.6 Å². The van der Waals surface area contributed by atoms with Gasteiger partial charge < -0.3 is 14.4 Å². The average Bonchev–Trinajstić information content (AvgIpc) is 2.86. The van der Waals surface area contributed by atoms with Crippen LogP contribution in [0.2, 0.25) is 0 Å². The van der Waals surface area contributed by atoms with Crippen LogP contribution in [0, 0.1) is 5.92 Å². The fourth-order valence-electron chi connectivity index (χ4n) is 1.47. The standard InChI is InChI=1S/C11H17N5O/c1-8(2)4-12-6-10-14-11(15-17-10)9-5-13-7-16(9)3/h5,7-8,12H,4,6H2,1-3H3. The van der Waals surface area contributed by atoms with Gasteiger partial charge in [0.05, 0.1) is 19.1 Å². The molecule has 0 aliphatic rings. The lowest BCUT2D eigenvalue weighted by Gasteiger charge is -2.03. The van der Waals surface area contributed by atoms with Gasteiger partial charge in [0.2, 0.25) is 11.7 Å². The second-order valence-corrected chi connectivity index (χ2v) is 4.43. The number of nitrogens with zero attached hydrogens (tertiary/aromatic N) is 4. The third-order valence-corrected chi connectivity index (χ3v) is 2.34. The van der Waals surface area contributed by atoms with Gasteiger partial charge >= 0.3 is 0 Å². The first-order chi connectivity index (χ1) is 8.16. The van der Waals surface area contributed by atoms with Crippen molar-refractivity contribution in [3.05, 3.63) is 18.4 Å². The van der Waals surface area contributed by atoms with Crippen molar-refractivity contribution in [2.24, 2.45) is 13.0 Å². The molecule has 2 heterocycles. The van der Waals surface area contributed by atoms with Crippen LogP contribution in [0.4, 0.5) is 0 Å². The van der Waals surface area contributed by atoms with Gasteiger partial charge in [0.15, 0.2) is 0 Å². The van der Waals surface area contributed by atoms with Gasteiger partial charge in [-0.3, -0.25) is 0 Å². The summed E-state index contributed by atoms with van der Waals surface area (Å²) in [5.41, 5.74) is 0.851. The number of rotatable bonds is 5. The van der Waals surface area contributed by atoms with Gasteiger partial charge in [-0.2, -0.15) is 4.98 Å². The molecule has 2 rings (SSSR count). The van der Waals surface area contributed by atoms with E-state index < -0.39 is 0 Å². The number of nitrogens with one attached hydrogen (secondary N) is 1. The molecule has 2 aromatic heterocycles. The lowest BCUT2D eigenvalue weighted by molar-refractivity contribution is 0.363. The molecule has 0 atom stereocenters. The largest absolute Gasteiger partial charge is 0.337 e. The molecule has 6 heteroatoms. The molecule has 0 aromatic carbocycles. The predicted molar refractivity (Wildman–Crippen MR) is 63.0 cm³/mol. The zero-order chi connectivity index (χ0) is 12.3. The summed E-state index contributed by atoms with van der Waals surface area (Å²) in [6.07, 6.45) is 3.43. The SMILES string of the molecule is CC(C)CNCc1nc(-c2cncn2C)no1. The molecular formula is C11H17N5O. The lowest BCUT2D eigenvalue weighted by Crippen LogP contribution is -2.19. The molecule has 0 saturated heterocycles. The Morgan fingerprint density at radius 1 is 1.47 bits per heavy atom. The quantitative estimate of drug-likeness (QED) is 0.843. The Bertz CT molecular complexity index is 474. The summed E-state index contributed by atoms with van der Waals surface area (Å²) in [5.74, 6) is 1.78. The highest BCUT2D eigenvalue weighted by Crippen LogP contribution is 2.13. The van der Waals surface area contributed by atoms with Crippen LogP contribution in [0.25, 0.3) is 11.5 Å². The third-order valence-electron chi connectivity index (χ3n) is 2.34. The minimum atomic E-state index is 0.575. The summed E-state index contributed by atoms with van der Waals surface area (Å²) in [6, 6.07) is 0. The molecule has 92 valence electrons. The van der Waals surface area contributed by atoms with Crippen molar-refractivity contribution < 1.29 is 4.52 Å². The fourth-order valence-corrected chi connectivity index (χ4v) is 1.47. The molecule has 0 amide bonds. The number of aromatic nitrogens is 4. The van der Waals surface area contributed by atoms with Crippen molar-refractivity contribution >= 4 is 0 Å². The van der Waals surface area contributed by atoms with E-state index in [2.05, 4.69) is 34.3 Å². The van der Waals surface area contributed by atoms with Gasteiger partial charge in [0.1, 0.15) is 5.69 Å². The van der Waals surface area contributed by atoms with E-state index in [0.29, 0.717) is 24.2 Å². The van der Waals surface area contributed by atoms with Gasteiger partial charge in [-0.1, -0.05) is 19.0 Å². The number of hydrogen-bond acceptors (Lipinski definition) is 5. The normalized spacial score (nSPS) is 11.3. The molecule has 0 aliphatic heterocycles. The van der Waals surface area contributed by atoms with Crippen LogP contribution in [0.15, 0.2) is 17.0 Å². The van der Waals surface area contributed by atoms with E-state index in [1.165, 1.54) is 0 Å². The first-order valence-electron chi connectivity index (χ1n) is 5.67. The Morgan fingerprint density at radius 3 is 2.94 bits per heavy atom. The molecule has 0 bridgehead atoms. The van der Waals surface area contributed by atoms with Crippen LogP contribution in [-0.4, -0.2) is 26.2 Å². The highest BCUT2D eigenvalue weighted by molar-refractivity contribution is 5.46. The van der Waals surface area contributed by atoms with Crippen molar-refractivity contribution in [2.45, 2.75) is 20.4 Å². The third kappa shape index (κ3) is 2.91. The molecular weight excluding hydrogens is 218 g/mol. The van der Waals surface area contributed by atoms with Gasteiger partial charge in [-0.05, 0) is 12.5 Å². The van der Waals surface area contributed by atoms with E-state index in [1.54, 1.807) is 12.5 Å². The molecule has 2 aromatic rings. The predicted octanol–water partition coefficient (Wildman–Crippen LogP) is 1.22. The van der Waals surface area contributed by atoms with Gasteiger partial charge in [0, 0.05) is 7.05 Å². The molecule has 0 saturated carbocycles. The second kappa shape index (κ2) is 5.09. The Kier molecular flexibility index (Phi) is 3.53. The second-order valence-electron chi connectivity index (χ2n) is 4.43. The van der Waals surface area contributed by atoms with Crippen LogP contribution in [-0.2, 0) is 13.6 Å². The summed E-state index contributed by atoms with van der Waals surface area (Å²) >= 11 is 0. The smallest absolute Gasteiger partial charge is 0.240 e. The first-order valence-corrected chi connectivity index (χ1v) is 5.67. The lowest BCUT2D eigenvalue weighted by atomic mass is 10.2.